The smallest absolute Gasteiger partial charge is 0.254 e. The van der Waals surface area contributed by atoms with Crippen molar-refractivity contribution in [1.29, 1.82) is 0 Å². The lowest BCUT2D eigenvalue weighted by Crippen LogP contribution is -2.50. The molecule has 0 saturated heterocycles. The van der Waals surface area contributed by atoms with Gasteiger partial charge in [-0.05, 0) is 37.3 Å². The van der Waals surface area contributed by atoms with E-state index in [9.17, 15) is 14.4 Å². The van der Waals surface area contributed by atoms with Crippen LogP contribution in [0.1, 0.15) is 41.2 Å². The quantitative estimate of drug-likeness (QED) is 0.827. The number of amides is 3. The summed E-state index contributed by atoms with van der Waals surface area (Å²) in [5.41, 5.74) is 1.90. The highest BCUT2D eigenvalue weighted by Crippen LogP contribution is 2.31. The third-order valence-electron chi connectivity index (χ3n) is 5.07. The predicted octanol–water partition coefficient (Wildman–Crippen LogP) is 2.37. The maximum absolute atomic E-state index is 13.1. The van der Waals surface area contributed by atoms with Gasteiger partial charge in [-0.1, -0.05) is 26.0 Å². The van der Waals surface area contributed by atoms with E-state index in [-0.39, 0.29) is 30.2 Å². The Morgan fingerprint density at radius 3 is 2.86 bits per heavy atom. The van der Waals surface area contributed by atoms with Gasteiger partial charge in [-0.3, -0.25) is 14.4 Å². The highest BCUT2D eigenvalue weighted by Gasteiger charge is 2.36. The van der Waals surface area contributed by atoms with E-state index in [1.54, 1.807) is 24.3 Å². The number of anilines is 2. The van der Waals surface area contributed by atoms with E-state index in [1.165, 1.54) is 21.1 Å². The maximum atomic E-state index is 13.1. The van der Waals surface area contributed by atoms with Crippen molar-refractivity contribution in [1.82, 2.24) is 10.3 Å². The lowest BCUT2D eigenvalue weighted by atomic mass is 10.0. The van der Waals surface area contributed by atoms with Crippen LogP contribution in [0.15, 0.2) is 24.3 Å². The fraction of sp³-hybridized carbons (Fsp3) is 0.400. The molecule has 0 fully saturated rings. The van der Waals surface area contributed by atoms with Gasteiger partial charge in [0.2, 0.25) is 11.8 Å². The summed E-state index contributed by atoms with van der Waals surface area (Å²) in [6.45, 7) is 3.57. The Morgan fingerprint density at radius 2 is 2.11 bits per heavy atom. The number of nitrogens with zero attached hydrogens (tertiary/aromatic N) is 2. The van der Waals surface area contributed by atoms with Gasteiger partial charge >= 0.3 is 0 Å². The summed E-state index contributed by atoms with van der Waals surface area (Å²) in [7, 11) is 0. The number of aryl methyl sites for hydroxylation is 2. The van der Waals surface area contributed by atoms with Crippen molar-refractivity contribution in [2.75, 3.05) is 16.8 Å². The normalized spacial score (nSPS) is 18.5. The van der Waals surface area contributed by atoms with Crippen LogP contribution in [0.25, 0.3) is 0 Å². The molecule has 0 radical (unpaired) electrons. The molecule has 0 unspecified atom stereocenters. The summed E-state index contributed by atoms with van der Waals surface area (Å²) >= 11 is 1.50. The van der Waals surface area contributed by atoms with Crippen LogP contribution in [0.3, 0.4) is 0 Å². The molecule has 0 saturated carbocycles. The highest BCUT2D eigenvalue weighted by molar-refractivity contribution is 7.15. The van der Waals surface area contributed by atoms with Crippen LogP contribution in [0.4, 0.5) is 10.8 Å². The number of fused-ring (bicyclic) bond motifs is 2. The van der Waals surface area contributed by atoms with E-state index in [1.807, 2.05) is 13.8 Å². The summed E-state index contributed by atoms with van der Waals surface area (Å²) in [5, 5.41) is 6.18. The van der Waals surface area contributed by atoms with Gasteiger partial charge in [-0.2, -0.15) is 0 Å². The zero-order chi connectivity index (χ0) is 19.8. The average molecular weight is 398 g/mol. The molecule has 2 heterocycles. The van der Waals surface area contributed by atoms with Crippen LogP contribution < -0.4 is 15.5 Å². The average Bonchev–Trinajstić information content (AvgIpc) is 3.22. The third-order valence-corrected chi connectivity index (χ3v) is 6.14. The van der Waals surface area contributed by atoms with Crippen LogP contribution in [0.2, 0.25) is 0 Å². The molecule has 4 rings (SSSR count). The first-order valence-corrected chi connectivity index (χ1v) is 10.3. The van der Waals surface area contributed by atoms with Crippen LogP contribution in [-0.2, 0) is 22.4 Å². The van der Waals surface area contributed by atoms with E-state index in [0.717, 1.165) is 25.0 Å². The summed E-state index contributed by atoms with van der Waals surface area (Å²) in [4.78, 5) is 45.5. The van der Waals surface area contributed by atoms with Gasteiger partial charge in [0, 0.05) is 4.88 Å². The summed E-state index contributed by atoms with van der Waals surface area (Å²) < 4.78 is 0. The zero-order valence-electron chi connectivity index (χ0n) is 15.8. The minimum atomic E-state index is -0.684. The number of nitrogens with one attached hydrogen (secondary N) is 2. The summed E-state index contributed by atoms with van der Waals surface area (Å²) in [6, 6.07) is 6.17. The van der Waals surface area contributed by atoms with Crippen molar-refractivity contribution >= 4 is 39.9 Å². The molecule has 2 aliphatic rings. The molecular formula is C20H22N4O3S. The van der Waals surface area contributed by atoms with Crippen LogP contribution in [-0.4, -0.2) is 35.3 Å². The minimum Gasteiger partial charge on any atom is -0.340 e. The molecule has 0 bridgehead atoms. The molecule has 2 N–H and O–H groups in total. The Bertz CT molecular complexity index is 931. The number of carbonyl (C=O) groups excluding carboxylic acids is 3. The van der Waals surface area contributed by atoms with Crippen LogP contribution >= 0.6 is 11.3 Å². The Kier molecular flexibility index (Phi) is 4.89. The van der Waals surface area contributed by atoms with Gasteiger partial charge in [-0.15, -0.1) is 11.3 Å². The molecule has 1 aromatic carbocycles. The minimum absolute atomic E-state index is 0.0988. The number of aromatic nitrogens is 1. The highest BCUT2D eigenvalue weighted by atomic mass is 32.1. The molecule has 28 heavy (non-hydrogen) atoms. The first-order valence-electron chi connectivity index (χ1n) is 9.43. The fourth-order valence-corrected chi connectivity index (χ4v) is 4.70. The molecule has 1 atom stereocenters. The first kappa shape index (κ1) is 18.6. The Hall–Kier alpha value is -2.74. The molecule has 1 aromatic heterocycles. The lowest BCUT2D eigenvalue weighted by molar-refractivity contribution is -0.123. The molecule has 146 valence electrons. The maximum Gasteiger partial charge on any atom is 0.254 e. The molecule has 1 aliphatic heterocycles. The second-order valence-corrected chi connectivity index (χ2v) is 8.51. The van der Waals surface area contributed by atoms with Gasteiger partial charge in [0.15, 0.2) is 5.13 Å². The van der Waals surface area contributed by atoms with Gasteiger partial charge in [0.1, 0.15) is 12.6 Å². The van der Waals surface area contributed by atoms with E-state index >= 15 is 0 Å². The Labute approximate surface area is 167 Å². The van der Waals surface area contributed by atoms with Crippen LogP contribution in [0.5, 0.6) is 0 Å². The van der Waals surface area contributed by atoms with E-state index < -0.39 is 6.04 Å². The van der Waals surface area contributed by atoms with Crippen molar-refractivity contribution in [2.45, 2.75) is 39.2 Å². The van der Waals surface area contributed by atoms with Gasteiger partial charge in [0.05, 0.1) is 16.9 Å². The van der Waals surface area contributed by atoms with Gasteiger partial charge < -0.3 is 15.5 Å². The lowest BCUT2D eigenvalue weighted by Gasteiger charge is -2.26. The van der Waals surface area contributed by atoms with E-state index in [2.05, 4.69) is 15.6 Å². The van der Waals surface area contributed by atoms with Crippen molar-refractivity contribution in [2.24, 2.45) is 5.92 Å². The summed E-state index contributed by atoms with van der Waals surface area (Å²) in [6.07, 6.45) is 3.06. The number of benzene rings is 1. The molecular weight excluding hydrogens is 376 g/mol. The number of hydrogen-bond donors (Lipinski definition) is 2. The Morgan fingerprint density at radius 1 is 1.32 bits per heavy atom. The van der Waals surface area contributed by atoms with Crippen LogP contribution in [0, 0.1) is 5.92 Å². The number of hydrogen-bond acceptors (Lipinski definition) is 5. The molecule has 3 amide bonds. The summed E-state index contributed by atoms with van der Waals surface area (Å²) in [5.74, 6) is -1.02. The largest absolute Gasteiger partial charge is 0.340 e. The molecule has 8 heteroatoms. The van der Waals surface area contributed by atoms with Crippen molar-refractivity contribution in [3.63, 3.8) is 0 Å². The number of rotatable bonds is 4. The SMILES string of the molecule is CC(C)[C@@H]1NC(=O)c2ccccc2N(CC(=O)Nc2nc3c(s2)CCC3)C1=O. The standard InChI is InChI=1S/C20H22N4O3S/c1-11(2)17-19(27)24(14-8-4-3-6-12(14)18(26)23-17)10-16(25)22-20-21-13-7-5-9-15(13)28-20/h3-4,6,8,11,17H,5,7,9-10H2,1-2H3,(H,23,26)(H,21,22,25)/t17-/m0/s1. The molecule has 2 aromatic rings. The van der Waals surface area contributed by atoms with Gasteiger partial charge in [-0.25, -0.2) is 4.98 Å². The molecule has 7 nitrogen and oxygen atoms in total. The zero-order valence-corrected chi connectivity index (χ0v) is 16.6. The number of thiazole rings is 1. The van der Waals surface area contributed by atoms with Crippen molar-refractivity contribution in [3.8, 4) is 0 Å². The second kappa shape index (κ2) is 7.35. The monoisotopic (exact) mass is 398 g/mol. The number of carbonyl (C=O) groups is 3. The second-order valence-electron chi connectivity index (χ2n) is 7.43. The van der Waals surface area contributed by atoms with Crippen molar-refractivity contribution < 1.29 is 14.4 Å². The molecule has 1 aliphatic carbocycles. The first-order chi connectivity index (χ1) is 13.4. The Balaban J connectivity index is 1.59. The topological polar surface area (TPSA) is 91.4 Å². The molecule has 0 spiro atoms. The third kappa shape index (κ3) is 3.40. The van der Waals surface area contributed by atoms with Gasteiger partial charge in [0.25, 0.3) is 5.91 Å². The van der Waals surface area contributed by atoms with Crippen molar-refractivity contribution in [3.05, 3.63) is 40.4 Å². The van der Waals surface area contributed by atoms with E-state index in [0.29, 0.717) is 16.4 Å². The number of para-hydroxylation sites is 1. The fourth-order valence-electron chi connectivity index (χ4n) is 3.63. The van der Waals surface area contributed by atoms with E-state index in [4.69, 9.17) is 0 Å². The predicted molar refractivity (Wildman–Crippen MR) is 108 cm³/mol.